The van der Waals surface area contributed by atoms with Crippen LogP contribution in [-0.2, 0) is 32.1 Å². The van der Waals surface area contributed by atoms with Crippen molar-refractivity contribution in [3.05, 3.63) is 246 Å². The first-order valence-corrected chi connectivity index (χ1v) is 28.0. The Bertz CT molecular complexity index is 3010. The quantitative estimate of drug-likeness (QED) is 0.114. The summed E-state index contributed by atoms with van der Waals surface area (Å²) in [5.41, 5.74) is 33.1. The van der Waals surface area contributed by atoms with Crippen LogP contribution in [0.3, 0.4) is 0 Å². The molecule has 0 atom stereocenters. The molecular weight excluding hydrogens is 889 g/mol. The van der Waals surface area contributed by atoms with Crippen LogP contribution in [0.25, 0.3) is 33.4 Å². The van der Waals surface area contributed by atoms with E-state index in [9.17, 15) is 0 Å². The molecule has 0 amide bonds. The Morgan fingerprint density at radius 3 is 0.959 bits per heavy atom. The lowest BCUT2D eigenvalue weighted by Crippen LogP contribution is -2.12. The molecule has 0 heterocycles. The van der Waals surface area contributed by atoms with Gasteiger partial charge in [-0.1, -0.05) is 189 Å². The molecule has 1 aliphatic carbocycles. The fourth-order valence-corrected chi connectivity index (χ4v) is 11.1. The normalized spacial score (nSPS) is 14.2. The SMILES string of the molecule is Cc1ccc(-c2ccc(CCC3CCC(C)CC3)cc2C)cc1C.Cc1ccc(CCc2ccc(-c3ccc(C)c(C)c3)c(C)c2)c(C)c1.Cc1ccc(CCc2ccc(-c3ccc(C)c(C)c3)c(C)c2)c(C)c1. The van der Waals surface area contributed by atoms with Gasteiger partial charge in [-0.25, -0.2) is 0 Å². The van der Waals surface area contributed by atoms with E-state index in [4.69, 9.17) is 0 Å². The molecule has 0 heteroatoms. The molecule has 0 bridgehead atoms. The first kappa shape index (κ1) is 55.5. The lowest BCUT2D eigenvalue weighted by molar-refractivity contribution is 0.278. The highest BCUT2D eigenvalue weighted by molar-refractivity contribution is 5.71. The van der Waals surface area contributed by atoms with Crippen LogP contribution in [-0.4, -0.2) is 0 Å². The summed E-state index contributed by atoms with van der Waals surface area (Å²) in [4.78, 5) is 0. The molecule has 0 nitrogen and oxygen atoms in total. The summed E-state index contributed by atoms with van der Waals surface area (Å²) in [5.74, 6) is 1.92. The predicted molar refractivity (Wildman–Crippen MR) is 324 cm³/mol. The van der Waals surface area contributed by atoms with Crippen molar-refractivity contribution < 1.29 is 0 Å². The number of rotatable bonds is 12. The molecule has 1 aliphatic rings. The van der Waals surface area contributed by atoms with E-state index in [1.54, 1.807) is 0 Å². The first-order chi connectivity index (χ1) is 35.4. The second-order valence-electron chi connectivity index (χ2n) is 22.9. The van der Waals surface area contributed by atoms with Gasteiger partial charge in [0.15, 0.2) is 0 Å². The number of benzene rings is 8. The molecule has 0 radical (unpaired) electrons. The van der Waals surface area contributed by atoms with Crippen LogP contribution in [0.5, 0.6) is 0 Å². The van der Waals surface area contributed by atoms with Gasteiger partial charge in [0.25, 0.3) is 0 Å². The molecular formula is C74H88. The summed E-state index contributed by atoms with van der Waals surface area (Å²) < 4.78 is 0. The molecule has 1 saturated carbocycles. The molecule has 0 N–H and O–H groups in total. The zero-order valence-electron chi connectivity index (χ0n) is 48.1. The van der Waals surface area contributed by atoms with Crippen LogP contribution in [0.15, 0.2) is 146 Å². The fraction of sp³-hybridized carbons (Fsp3) is 0.351. The molecule has 74 heavy (non-hydrogen) atoms. The van der Waals surface area contributed by atoms with Gasteiger partial charge in [0.05, 0.1) is 0 Å². The van der Waals surface area contributed by atoms with Crippen LogP contribution >= 0.6 is 0 Å². The molecule has 0 spiro atoms. The van der Waals surface area contributed by atoms with Gasteiger partial charge in [-0.3, -0.25) is 0 Å². The third kappa shape index (κ3) is 15.2. The molecule has 384 valence electrons. The van der Waals surface area contributed by atoms with Gasteiger partial charge in [0.2, 0.25) is 0 Å². The highest BCUT2D eigenvalue weighted by Gasteiger charge is 2.18. The Balaban J connectivity index is 0.000000162. The average Bonchev–Trinajstić information content (AvgIpc) is 3.36. The minimum absolute atomic E-state index is 0.959. The van der Waals surface area contributed by atoms with E-state index in [0.717, 1.165) is 37.5 Å². The molecule has 9 rings (SSSR count). The lowest BCUT2D eigenvalue weighted by atomic mass is 9.80. The zero-order valence-corrected chi connectivity index (χ0v) is 48.1. The Kier molecular flexibility index (Phi) is 19.4. The summed E-state index contributed by atoms with van der Waals surface area (Å²) in [6, 6.07) is 54.8. The van der Waals surface area contributed by atoms with Gasteiger partial charge in [-0.15, -0.1) is 0 Å². The topological polar surface area (TPSA) is 0 Å². The minimum Gasteiger partial charge on any atom is -0.0625 e. The maximum absolute atomic E-state index is 2.41. The summed E-state index contributed by atoms with van der Waals surface area (Å²) in [5, 5.41) is 0. The van der Waals surface area contributed by atoms with Gasteiger partial charge in [-0.2, -0.15) is 0 Å². The molecule has 0 unspecified atom stereocenters. The summed E-state index contributed by atoms with van der Waals surface area (Å²) in [7, 11) is 0. The van der Waals surface area contributed by atoms with Crippen molar-refractivity contribution in [2.45, 2.75) is 161 Å². The van der Waals surface area contributed by atoms with Crippen LogP contribution < -0.4 is 0 Å². The van der Waals surface area contributed by atoms with Crippen molar-refractivity contribution >= 4 is 0 Å². The van der Waals surface area contributed by atoms with Gasteiger partial charge >= 0.3 is 0 Å². The summed E-state index contributed by atoms with van der Waals surface area (Å²) >= 11 is 0. The minimum atomic E-state index is 0.959. The van der Waals surface area contributed by atoms with Gasteiger partial charge in [0, 0.05) is 0 Å². The van der Waals surface area contributed by atoms with Crippen molar-refractivity contribution in [1.29, 1.82) is 0 Å². The first-order valence-electron chi connectivity index (χ1n) is 28.0. The van der Waals surface area contributed by atoms with Crippen LogP contribution in [0.1, 0.15) is 139 Å². The van der Waals surface area contributed by atoms with Crippen LogP contribution in [0, 0.1) is 102 Å². The third-order valence-corrected chi connectivity index (χ3v) is 16.7. The van der Waals surface area contributed by atoms with Gasteiger partial charge < -0.3 is 0 Å². The van der Waals surface area contributed by atoms with E-state index in [-0.39, 0.29) is 0 Å². The molecule has 8 aromatic rings. The Labute approximate surface area is 449 Å². The maximum Gasteiger partial charge on any atom is -0.0154 e. The van der Waals surface area contributed by atoms with E-state index in [0.29, 0.717) is 0 Å². The lowest BCUT2D eigenvalue weighted by Gasteiger charge is -2.26. The number of hydrogen-bond acceptors (Lipinski definition) is 0. The highest BCUT2D eigenvalue weighted by Crippen LogP contribution is 2.33. The van der Waals surface area contributed by atoms with E-state index in [2.05, 4.69) is 243 Å². The van der Waals surface area contributed by atoms with Crippen molar-refractivity contribution in [1.82, 2.24) is 0 Å². The number of aryl methyl sites for hydroxylation is 18. The van der Waals surface area contributed by atoms with Crippen molar-refractivity contribution in [3.63, 3.8) is 0 Å². The van der Waals surface area contributed by atoms with Crippen molar-refractivity contribution in [3.8, 4) is 33.4 Å². The van der Waals surface area contributed by atoms with Crippen molar-refractivity contribution in [2.24, 2.45) is 11.8 Å². The van der Waals surface area contributed by atoms with Crippen LogP contribution in [0.2, 0.25) is 0 Å². The molecule has 0 saturated heterocycles. The maximum atomic E-state index is 2.41. The standard InChI is InChI=1S/2C25H28.C24H32/c2*1-17-6-10-23(20(4)14-17)12-8-22-9-13-25(21(5)15-22)24-11-7-18(2)19(3)16-24;1-17-5-8-21(9-6-17)10-11-22-12-14-24(20(4)15-22)23-13-7-18(2)19(3)16-23/h2*6-7,9-11,13-16H,8,12H2,1-5H3;7,12-17,21H,5-6,8-11H2,1-4H3. The van der Waals surface area contributed by atoms with Crippen molar-refractivity contribution in [2.75, 3.05) is 0 Å². The monoisotopic (exact) mass is 977 g/mol. The Morgan fingerprint density at radius 2 is 0.635 bits per heavy atom. The van der Waals surface area contributed by atoms with Gasteiger partial charge in [-0.05, 0) is 263 Å². The third-order valence-electron chi connectivity index (χ3n) is 16.7. The predicted octanol–water partition coefficient (Wildman–Crippen LogP) is 20.4. The highest BCUT2D eigenvalue weighted by atomic mass is 14.2. The second-order valence-corrected chi connectivity index (χ2v) is 22.9. The number of hydrogen-bond donors (Lipinski definition) is 0. The smallest absolute Gasteiger partial charge is 0.0154 e. The van der Waals surface area contributed by atoms with E-state index in [1.807, 2.05) is 0 Å². The summed E-state index contributed by atoms with van der Waals surface area (Å²) in [6.07, 6.45) is 12.8. The molecule has 0 aromatic heterocycles. The molecule has 8 aromatic carbocycles. The zero-order chi connectivity index (χ0) is 53.1. The average molecular weight is 978 g/mol. The van der Waals surface area contributed by atoms with E-state index < -0.39 is 0 Å². The Morgan fingerprint density at radius 1 is 0.284 bits per heavy atom. The second kappa shape index (κ2) is 25.8. The summed E-state index contributed by atoms with van der Waals surface area (Å²) in [6.45, 7) is 31.0. The molecule has 0 aliphatic heterocycles. The van der Waals surface area contributed by atoms with Gasteiger partial charge in [0.1, 0.15) is 0 Å². The van der Waals surface area contributed by atoms with E-state index in [1.165, 1.54) is 172 Å². The Hall–Kier alpha value is -6.24. The molecule has 1 fully saturated rings. The largest absolute Gasteiger partial charge is 0.0625 e. The fourth-order valence-electron chi connectivity index (χ4n) is 11.1. The van der Waals surface area contributed by atoms with Crippen LogP contribution in [0.4, 0.5) is 0 Å². The van der Waals surface area contributed by atoms with E-state index >= 15 is 0 Å².